The Kier molecular flexibility index (Phi) is 13.5. The van der Waals surface area contributed by atoms with Gasteiger partial charge in [0.1, 0.15) is 0 Å². The van der Waals surface area contributed by atoms with Crippen molar-refractivity contribution >= 4 is 11.9 Å². The minimum absolute atomic E-state index is 0.270. The molecule has 0 heterocycles. The topological polar surface area (TPSA) is 80.3 Å². The van der Waals surface area contributed by atoms with Crippen LogP contribution in [-0.4, -0.2) is 11.9 Å². The highest BCUT2D eigenvalue weighted by Crippen LogP contribution is 2.18. The molecule has 0 bridgehead atoms. The van der Waals surface area contributed by atoms with Crippen molar-refractivity contribution in [3.05, 3.63) is 12.2 Å². The minimum atomic E-state index is -1.50. The van der Waals surface area contributed by atoms with Crippen molar-refractivity contribution in [3.63, 3.8) is 0 Å². The van der Waals surface area contributed by atoms with Gasteiger partial charge in [-0.15, -0.1) is 0 Å². The summed E-state index contributed by atoms with van der Waals surface area (Å²) in [6.45, 7) is 5.49. The molecule has 0 aliphatic rings. The van der Waals surface area contributed by atoms with Crippen molar-refractivity contribution in [2.24, 2.45) is 5.92 Å². The quantitative estimate of drug-likeness (QED) is 0.323. The van der Waals surface area contributed by atoms with Crippen molar-refractivity contribution in [1.29, 1.82) is 0 Å². The summed E-state index contributed by atoms with van der Waals surface area (Å²) in [6, 6.07) is 0. The van der Waals surface area contributed by atoms with Crippen LogP contribution in [0, 0.1) is 5.92 Å². The molecule has 0 aromatic carbocycles. The van der Waals surface area contributed by atoms with Crippen molar-refractivity contribution in [1.82, 2.24) is 0 Å². The molecule has 1 atom stereocenters. The van der Waals surface area contributed by atoms with Crippen molar-refractivity contribution in [2.45, 2.75) is 90.4 Å². The van der Waals surface area contributed by atoms with E-state index in [0.29, 0.717) is 6.42 Å². The molecular weight excluding hydrogens is 292 g/mol. The number of carboxylic acids is 2. The van der Waals surface area contributed by atoms with Crippen LogP contribution in [0.2, 0.25) is 0 Å². The van der Waals surface area contributed by atoms with Crippen LogP contribution in [0.4, 0.5) is 0 Å². The van der Waals surface area contributed by atoms with Crippen LogP contribution in [0.15, 0.2) is 12.2 Å². The molecule has 0 aliphatic heterocycles. The van der Waals surface area contributed by atoms with Gasteiger partial charge in [-0.1, -0.05) is 90.6 Å². The van der Waals surface area contributed by atoms with Gasteiger partial charge in [0, 0.05) is 11.9 Å². The van der Waals surface area contributed by atoms with Crippen molar-refractivity contribution < 1.29 is 19.8 Å². The van der Waals surface area contributed by atoms with E-state index in [1.165, 1.54) is 51.4 Å². The van der Waals surface area contributed by atoms with Gasteiger partial charge < -0.3 is 19.8 Å². The fraction of sp³-hybridized carbons (Fsp3) is 0.789. The summed E-state index contributed by atoms with van der Waals surface area (Å²) >= 11 is 0. The number of carbonyl (C=O) groups excluding carboxylic acids is 2. The Morgan fingerprint density at radius 3 is 1.52 bits per heavy atom. The Hall–Kier alpha value is -1.32. The maximum Gasteiger partial charge on any atom is 0.0675 e. The van der Waals surface area contributed by atoms with E-state index in [4.69, 9.17) is 0 Å². The van der Waals surface area contributed by atoms with Gasteiger partial charge in [0.15, 0.2) is 0 Å². The third-order valence-corrected chi connectivity index (χ3v) is 4.31. The lowest BCUT2D eigenvalue weighted by Crippen LogP contribution is -2.38. The molecule has 0 fully saturated rings. The lowest BCUT2D eigenvalue weighted by atomic mass is 9.93. The van der Waals surface area contributed by atoms with E-state index in [0.717, 1.165) is 19.3 Å². The molecule has 0 saturated heterocycles. The van der Waals surface area contributed by atoms with E-state index < -0.39 is 17.9 Å². The Labute approximate surface area is 141 Å². The van der Waals surface area contributed by atoms with Crippen LogP contribution in [0.25, 0.3) is 0 Å². The second-order valence-corrected chi connectivity index (χ2v) is 6.36. The summed E-state index contributed by atoms with van der Waals surface area (Å²) in [6.07, 6.45) is 14.6. The number of carboxylic acid groups (broad SMARTS) is 2. The number of hydrogen-bond donors (Lipinski definition) is 0. The summed E-state index contributed by atoms with van der Waals surface area (Å²) in [4.78, 5) is 21.6. The second kappa shape index (κ2) is 14.3. The molecule has 0 rings (SSSR count). The summed E-state index contributed by atoms with van der Waals surface area (Å²) in [5.74, 6) is -4.00. The average molecular weight is 324 g/mol. The molecule has 0 aromatic rings. The number of rotatable bonds is 16. The van der Waals surface area contributed by atoms with Crippen LogP contribution in [-0.2, 0) is 9.59 Å². The van der Waals surface area contributed by atoms with Gasteiger partial charge in [-0.05, 0) is 12.0 Å². The van der Waals surface area contributed by atoms with Crippen LogP contribution in [0.1, 0.15) is 90.4 Å². The number of unbranched alkanes of at least 4 members (excludes halogenated alkanes) is 11. The average Bonchev–Trinajstić information content (AvgIpc) is 2.51. The Balaban J connectivity index is 3.52. The van der Waals surface area contributed by atoms with Gasteiger partial charge in [0.05, 0.1) is 5.97 Å². The third kappa shape index (κ3) is 11.8. The van der Waals surface area contributed by atoms with Crippen molar-refractivity contribution in [2.75, 3.05) is 0 Å². The summed E-state index contributed by atoms with van der Waals surface area (Å²) in [7, 11) is 0. The molecular formula is C19H32O4-2. The molecule has 0 amide bonds. The van der Waals surface area contributed by atoms with Crippen molar-refractivity contribution in [3.8, 4) is 0 Å². The molecule has 23 heavy (non-hydrogen) atoms. The van der Waals surface area contributed by atoms with Gasteiger partial charge >= 0.3 is 0 Å². The van der Waals surface area contributed by atoms with Crippen LogP contribution >= 0.6 is 0 Å². The van der Waals surface area contributed by atoms with Gasteiger partial charge in [-0.3, -0.25) is 0 Å². The van der Waals surface area contributed by atoms with Crippen LogP contribution in [0.5, 0.6) is 0 Å². The lowest BCUT2D eigenvalue weighted by Gasteiger charge is -2.21. The first-order valence-corrected chi connectivity index (χ1v) is 9.11. The van der Waals surface area contributed by atoms with Crippen LogP contribution < -0.4 is 10.2 Å². The maximum atomic E-state index is 10.9. The van der Waals surface area contributed by atoms with Gasteiger partial charge in [-0.2, -0.15) is 0 Å². The van der Waals surface area contributed by atoms with E-state index in [1.807, 2.05) is 0 Å². The predicted molar refractivity (Wildman–Crippen MR) is 88.3 cm³/mol. The monoisotopic (exact) mass is 324 g/mol. The molecule has 4 nitrogen and oxygen atoms in total. The Morgan fingerprint density at radius 1 is 0.783 bits per heavy atom. The first-order valence-electron chi connectivity index (χ1n) is 9.11. The summed E-state index contributed by atoms with van der Waals surface area (Å²) in [5, 5.41) is 21.6. The predicted octanol–water partition coefficient (Wildman–Crippen LogP) is 2.75. The van der Waals surface area contributed by atoms with E-state index in [-0.39, 0.29) is 12.0 Å². The molecule has 0 spiro atoms. The van der Waals surface area contributed by atoms with Gasteiger partial charge in [-0.25, -0.2) is 0 Å². The molecule has 4 heteroatoms. The smallest absolute Gasteiger partial charge is 0.0675 e. The molecule has 1 unspecified atom stereocenters. The molecule has 0 aliphatic carbocycles. The Morgan fingerprint density at radius 2 is 1.17 bits per heavy atom. The molecule has 134 valence electrons. The molecule has 0 radical (unpaired) electrons. The summed E-state index contributed by atoms with van der Waals surface area (Å²) < 4.78 is 0. The number of aliphatic carboxylic acids is 2. The Bertz CT molecular complexity index is 349. The fourth-order valence-corrected chi connectivity index (χ4v) is 2.77. The standard InChI is InChI=1S/C19H34O4/c1-3-4-5-6-7-8-9-10-11-12-13-14-15-17(19(22)23)16(2)18(20)21/h17H,2-15H2,1H3,(H,20,21)(H,22,23)/p-2. The first-order chi connectivity index (χ1) is 11.0. The van der Waals surface area contributed by atoms with E-state index >= 15 is 0 Å². The molecule has 0 N–H and O–H groups in total. The van der Waals surface area contributed by atoms with E-state index in [1.54, 1.807) is 0 Å². The maximum absolute atomic E-state index is 10.9. The first kappa shape index (κ1) is 21.7. The number of carbonyl (C=O) groups is 2. The van der Waals surface area contributed by atoms with E-state index in [9.17, 15) is 19.8 Å². The zero-order valence-corrected chi connectivity index (χ0v) is 14.6. The summed E-state index contributed by atoms with van der Waals surface area (Å²) in [5.41, 5.74) is -0.381. The molecule has 0 aromatic heterocycles. The highest BCUT2D eigenvalue weighted by molar-refractivity contribution is 5.91. The third-order valence-electron chi connectivity index (χ3n) is 4.31. The lowest BCUT2D eigenvalue weighted by molar-refractivity contribution is -0.315. The SMILES string of the molecule is C=C(C(=O)[O-])C(CCCCCCCCCCCCCC)C(=O)[O-]. The largest absolute Gasteiger partial charge is 0.549 e. The van der Waals surface area contributed by atoms with Crippen LogP contribution in [0.3, 0.4) is 0 Å². The number of hydrogen-bond acceptors (Lipinski definition) is 4. The zero-order valence-electron chi connectivity index (χ0n) is 14.6. The normalized spacial score (nSPS) is 12.0. The highest BCUT2D eigenvalue weighted by Gasteiger charge is 2.14. The molecule has 0 saturated carbocycles. The second-order valence-electron chi connectivity index (χ2n) is 6.36. The van der Waals surface area contributed by atoms with Gasteiger partial charge in [0.2, 0.25) is 0 Å². The van der Waals surface area contributed by atoms with Gasteiger partial charge in [0.25, 0.3) is 0 Å². The van der Waals surface area contributed by atoms with E-state index in [2.05, 4.69) is 13.5 Å². The highest BCUT2D eigenvalue weighted by atomic mass is 16.4. The minimum Gasteiger partial charge on any atom is -0.549 e. The fourth-order valence-electron chi connectivity index (χ4n) is 2.77. The zero-order chi connectivity index (χ0) is 17.5.